The Bertz CT molecular complexity index is 476. The van der Waals surface area contributed by atoms with Gasteiger partial charge in [0.05, 0.1) is 6.33 Å². The summed E-state index contributed by atoms with van der Waals surface area (Å²) in [4.78, 5) is 15.3. The van der Waals surface area contributed by atoms with Crippen molar-refractivity contribution >= 4 is 11.2 Å². The van der Waals surface area contributed by atoms with Gasteiger partial charge in [-0.1, -0.05) is 6.42 Å². The Morgan fingerprint density at radius 3 is 2.88 bits per heavy atom. The predicted molar refractivity (Wildman–Crippen MR) is 59.2 cm³/mol. The quantitative estimate of drug-likeness (QED) is 0.838. The maximum absolute atomic E-state index is 5.90. The number of nitrogens with zero attached hydrogens (tertiary/aromatic N) is 3. The van der Waals surface area contributed by atoms with Crippen molar-refractivity contribution in [2.45, 2.75) is 38.2 Å². The zero-order valence-electron chi connectivity index (χ0n) is 9.02. The molecule has 1 aliphatic carbocycles. The van der Waals surface area contributed by atoms with Crippen molar-refractivity contribution in [2.75, 3.05) is 0 Å². The van der Waals surface area contributed by atoms with Crippen molar-refractivity contribution in [1.82, 2.24) is 19.9 Å². The second-order valence-electron chi connectivity index (χ2n) is 4.16. The number of imidazole rings is 1. The molecule has 0 aromatic carbocycles. The van der Waals surface area contributed by atoms with E-state index in [1.165, 1.54) is 25.6 Å². The van der Waals surface area contributed by atoms with Crippen molar-refractivity contribution in [2.24, 2.45) is 0 Å². The molecule has 0 atom stereocenters. The first-order valence-electron chi connectivity index (χ1n) is 5.74. The summed E-state index contributed by atoms with van der Waals surface area (Å²) in [6, 6.07) is 0. The molecule has 3 rings (SSSR count). The molecule has 1 saturated carbocycles. The van der Waals surface area contributed by atoms with E-state index in [1.807, 2.05) is 0 Å². The number of aromatic amines is 1. The van der Waals surface area contributed by atoms with Crippen LogP contribution >= 0.6 is 0 Å². The average Bonchev–Trinajstić information content (AvgIpc) is 2.80. The summed E-state index contributed by atoms with van der Waals surface area (Å²) in [6.45, 7) is 0. The monoisotopic (exact) mass is 218 g/mol. The zero-order valence-corrected chi connectivity index (χ0v) is 9.02. The van der Waals surface area contributed by atoms with Crippen LogP contribution in [0, 0.1) is 0 Å². The topological polar surface area (TPSA) is 63.7 Å². The maximum Gasteiger partial charge on any atom is 0.243 e. The molecule has 0 bridgehead atoms. The molecule has 16 heavy (non-hydrogen) atoms. The minimum absolute atomic E-state index is 0.301. The van der Waals surface area contributed by atoms with Crippen LogP contribution in [0.1, 0.15) is 32.1 Å². The fourth-order valence-electron chi connectivity index (χ4n) is 2.17. The second kappa shape index (κ2) is 4.08. The Morgan fingerprint density at radius 2 is 2.00 bits per heavy atom. The molecule has 0 spiro atoms. The van der Waals surface area contributed by atoms with Gasteiger partial charge in [0.15, 0.2) is 5.65 Å². The first-order valence-corrected chi connectivity index (χ1v) is 5.74. The van der Waals surface area contributed by atoms with E-state index in [0.717, 1.165) is 18.4 Å². The van der Waals surface area contributed by atoms with E-state index in [-0.39, 0.29) is 0 Å². The van der Waals surface area contributed by atoms with E-state index in [4.69, 9.17) is 4.74 Å². The Labute approximate surface area is 93.3 Å². The molecular weight excluding hydrogens is 204 g/mol. The summed E-state index contributed by atoms with van der Waals surface area (Å²) in [5, 5.41) is 0. The third-order valence-electron chi connectivity index (χ3n) is 3.02. The van der Waals surface area contributed by atoms with Gasteiger partial charge in [-0.05, 0) is 25.7 Å². The molecule has 0 unspecified atom stereocenters. The van der Waals surface area contributed by atoms with Crippen molar-refractivity contribution < 1.29 is 4.74 Å². The molecule has 1 N–H and O–H groups in total. The molecule has 84 valence electrons. The molecule has 0 aliphatic heterocycles. The molecular formula is C11H14N4O. The van der Waals surface area contributed by atoms with E-state index in [0.29, 0.717) is 17.6 Å². The van der Waals surface area contributed by atoms with Crippen LogP contribution in [-0.2, 0) is 0 Å². The average molecular weight is 218 g/mol. The first-order chi connectivity index (χ1) is 7.93. The molecule has 1 fully saturated rings. The van der Waals surface area contributed by atoms with Gasteiger partial charge in [-0.3, -0.25) is 0 Å². The van der Waals surface area contributed by atoms with Gasteiger partial charge in [0.25, 0.3) is 0 Å². The smallest absolute Gasteiger partial charge is 0.243 e. The highest BCUT2D eigenvalue weighted by Crippen LogP contribution is 2.24. The molecule has 2 aromatic heterocycles. The van der Waals surface area contributed by atoms with Gasteiger partial charge in [-0.25, -0.2) is 9.97 Å². The lowest BCUT2D eigenvalue weighted by molar-refractivity contribution is 0.150. The number of ether oxygens (including phenoxy) is 1. The Balaban J connectivity index is 1.85. The van der Waals surface area contributed by atoms with Gasteiger partial charge in [-0.2, -0.15) is 4.98 Å². The Kier molecular flexibility index (Phi) is 2.44. The van der Waals surface area contributed by atoms with Crippen molar-refractivity contribution in [1.29, 1.82) is 0 Å². The second-order valence-corrected chi connectivity index (χ2v) is 4.16. The van der Waals surface area contributed by atoms with Gasteiger partial charge in [0.1, 0.15) is 17.9 Å². The third kappa shape index (κ3) is 1.73. The van der Waals surface area contributed by atoms with Crippen LogP contribution in [0.15, 0.2) is 12.7 Å². The SMILES string of the molecule is c1nc(OC2CCCCC2)c2[nH]cnc2n1. The molecule has 1 aliphatic rings. The number of aromatic nitrogens is 4. The molecule has 5 nitrogen and oxygen atoms in total. The van der Waals surface area contributed by atoms with Gasteiger partial charge in [0, 0.05) is 0 Å². The van der Waals surface area contributed by atoms with Crippen LogP contribution in [0.5, 0.6) is 5.88 Å². The van der Waals surface area contributed by atoms with Crippen LogP contribution in [0.25, 0.3) is 11.2 Å². The van der Waals surface area contributed by atoms with Crippen molar-refractivity contribution in [3.8, 4) is 5.88 Å². The summed E-state index contributed by atoms with van der Waals surface area (Å²) in [5.74, 6) is 0.634. The summed E-state index contributed by atoms with van der Waals surface area (Å²) in [5.41, 5.74) is 1.47. The minimum atomic E-state index is 0.301. The van der Waals surface area contributed by atoms with Crippen LogP contribution < -0.4 is 4.74 Å². The fourth-order valence-corrected chi connectivity index (χ4v) is 2.17. The standard InChI is InChI=1S/C11H14N4O/c1-2-4-8(5-3-1)16-11-9-10(13-6-12-9)14-7-15-11/h6-8H,1-5H2,(H,12,13,14,15). The number of nitrogens with one attached hydrogen (secondary N) is 1. The molecule has 0 saturated heterocycles. The molecule has 5 heteroatoms. The Hall–Kier alpha value is -1.65. The highest BCUT2D eigenvalue weighted by atomic mass is 16.5. The lowest BCUT2D eigenvalue weighted by Crippen LogP contribution is -2.20. The number of fused-ring (bicyclic) bond motifs is 1. The lowest BCUT2D eigenvalue weighted by atomic mass is 9.98. The molecule has 0 radical (unpaired) electrons. The number of H-pyrrole nitrogens is 1. The van der Waals surface area contributed by atoms with Crippen molar-refractivity contribution in [3.05, 3.63) is 12.7 Å². The largest absolute Gasteiger partial charge is 0.473 e. The summed E-state index contributed by atoms with van der Waals surface area (Å²) in [6.07, 6.45) is 9.50. The molecule has 2 aromatic rings. The summed E-state index contributed by atoms with van der Waals surface area (Å²) >= 11 is 0. The third-order valence-corrected chi connectivity index (χ3v) is 3.02. The van der Waals surface area contributed by atoms with E-state index >= 15 is 0 Å². The fraction of sp³-hybridized carbons (Fsp3) is 0.545. The van der Waals surface area contributed by atoms with Gasteiger partial charge >= 0.3 is 0 Å². The summed E-state index contributed by atoms with van der Waals surface area (Å²) < 4.78 is 5.90. The van der Waals surface area contributed by atoms with Crippen molar-refractivity contribution in [3.63, 3.8) is 0 Å². The van der Waals surface area contributed by atoms with E-state index in [1.54, 1.807) is 6.33 Å². The highest BCUT2D eigenvalue weighted by Gasteiger charge is 2.17. The van der Waals surface area contributed by atoms with Gasteiger partial charge in [-0.15, -0.1) is 0 Å². The van der Waals surface area contributed by atoms with Crippen LogP contribution in [0.2, 0.25) is 0 Å². The van der Waals surface area contributed by atoms with Crippen LogP contribution in [0.3, 0.4) is 0 Å². The number of hydrogen-bond acceptors (Lipinski definition) is 4. The molecule has 2 heterocycles. The van der Waals surface area contributed by atoms with Crippen LogP contribution in [-0.4, -0.2) is 26.0 Å². The zero-order chi connectivity index (χ0) is 10.8. The van der Waals surface area contributed by atoms with Crippen LogP contribution in [0.4, 0.5) is 0 Å². The summed E-state index contributed by atoms with van der Waals surface area (Å²) in [7, 11) is 0. The number of hydrogen-bond donors (Lipinski definition) is 1. The highest BCUT2D eigenvalue weighted by molar-refractivity contribution is 5.74. The van der Waals surface area contributed by atoms with Gasteiger partial charge < -0.3 is 9.72 Å². The Morgan fingerprint density at radius 1 is 1.12 bits per heavy atom. The number of rotatable bonds is 2. The minimum Gasteiger partial charge on any atom is -0.473 e. The lowest BCUT2D eigenvalue weighted by Gasteiger charge is -2.22. The first kappa shape index (κ1) is 9.57. The van der Waals surface area contributed by atoms with Gasteiger partial charge in [0.2, 0.25) is 5.88 Å². The predicted octanol–water partition coefficient (Wildman–Crippen LogP) is 2.06. The maximum atomic E-state index is 5.90. The normalized spacial score (nSPS) is 17.8. The molecule has 0 amide bonds. The van der Waals surface area contributed by atoms with E-state index in [9.17, 15) is 0 Å². The van der Waals surface area contributed by atoms with E-state index < -0.39 is 0 Å². The van der Waals surface area contributed by atoms with E-state index in [2.05, 4.69) is 19.9 Å².